The number of nitrogens with zero attached hydrogens (tertiary/aromatic N) is 2. The van der Waals surface area contributed by atoms with E-state index in [1.807, 2.05) is 5.38 Å². The zero-order valence-electron chi connectivity index (χ0n) is 12.8. The maximum absolute atomic E-state index is 12.8. The van der Waals surface area contributed by atoms with E-state index in [1.54, 1.807) is 25.2 Å². The molecule has 0 aliphatic carbocycles. The first kappa shape index (κ1) is 16.7. The summed E-state index contributed by atoms with van der Waals surface area (Å²) in [6.07, 6.45) is 0. The third-order valence-electron chi connectivity index (χ3n) is 3.38. The van der Waals surface area contributed by atoms with Crippen molar-refractivity contribution in [2.75, 3.05) is 5.75 Å². The van der Waals surface area contributed by atoms with Crippen molar-refractivity contribution in [2.45, 2.75) is 11.7 Å². The Balaban J connectivity index is 1.61. The van der Waals surface area contributed by atoms with Crippen LogP contribution in [0.5, 0.6) is 0 Å². The van der Waals surface area contributed by atoms with Gasteiger partial charge in [0, 0.05) is 13.6 Å². The quantitative estimate of drug-likeness (QED) is 0.559. The smallest absolute Gasteiger partial charge is 0.271 e. The van der Waals surface area contributed by atoms with Crippen LogP contribution in [-0.4, -0.2) is 21.2 Å². The Morgan fingerprint density at radius 2 is 2.08 bits per heavy atom. The van der Waals surface area contributed by atoms with Crippen LogP contribution in [0, 0.1) is 5.82 Å². The maximum Gasteiger partial charge on any atom is 0.271 e. The highest BCUT2D eigenvalue weighted by molar-refractivity contribution is 7.99. The van der Waals surface area contributed by atoms with Crippen molar-refractivity contribution in [3.05, 3.63) is 57.4 Å². The fraction of sp³-hybridized carbons (Fsp3) is 0.188. The van der Waals surface area contributed by atoms with Crippen LogP contribution in [0.2, 0.25) is 0 Å². The Kier molecular flexibility index (Phi) is 4.96. The molecule has 0 saturated heterocycles. The van der Waals surface area contributed by atoms with E-state index in [4.69, 9.17) is 0 Å². The third-order valence-corrected chi connectivity index (χ3v) is 5.30. The van der Waals surface area contributed by atoms with Crippen molar-refractivity contribution in [2.24, 2.45) is 7.05 Å². The van der Waals surface area contributed by atoms with E-state index in [2.05, 4.69) is 10.3 Å². The first-order chi connectivity index (χ1) is 11.5. The number of nitrogens with one attached hydrogen (secondary N) is 1. The van der Waals surface area contributed by atoms with Crippen molar-refractivity contribution in [3.8, 4) is 0 Å². The first-order valence-electron chi connectivity index (χ1n) is 7.13. The topological polar surface area (TPSA) is 64.0 Å². The van der Waals surface area contributed by atoms with E-state index in [1.165, 1.54) is 39.8 Å². The molecule has 0 radical (unpaired) electrons. The lowest BCUT2D eigenvalue weighted by Crippen LogP contribution is -2.25. The van der Waals surface area contributed by atoms with Crippen LogP contribution in [-0.2, 0) is 18.4 Å². The lowest BCUT2D eigenvalue weighted by Gasteiger charge is -2.08. The van der Waals surface area contributed by atoms with E-state index in [-0.39, 0.29) is 23.0 Å². The van der Waals surface area contributed by atoms with Crippen LogP contribution in [0.1, 0.15) is 5.56 Å². The molecule has 2 aromatic heterocycles. The molecule has 0 saturated carbocycles. The molecule has 24 heavy (non-hydrogen) atoms. The van der Waals surface area contributed by atoms with Crippen molar-refractivity contribution in [1.29, 1.82) is 0 Å². The molecule has 0 unspecified atom stereocenters. The van der Waals surface area contributed by atoms with Crippen LogP contribution in [0.15, 0.2) is 45.7 Å². The molecule has 8 heteroatoms. The molecule has 1 N–H and O–H groups in total. The average Bonchev–Trinajstić information content (AvgIpc) is 3.05. The van der Waals surface area contributed by atoms with E-state index in [0.29, 0.717) is 21.9 Å². The van der Waals surface area contributed by atoms with E-state index >= 15 is 0 Å². The van der Waals surface area contributed by atoms with Gasteiger partial charge in [0.15, 0.2) is 5.16 Å². The van der Waals surface area contributed by atoms with Gasteiger partial charge in [0.1, 0.15) is 10.5 Å². The molecule has 0 atom stereocenters. The second-order valence-corrected chi connectivity index (χ2v) is 6.94. The summed E-state index contributed by atoms with van der Waals surface area (Å²) in [7, 11) is 1.65. The van der Waals surface area contributed by atoms with Gasteiger partial charge in [-0.05, 0) is 29.1 Å². The van der Waals surface area contributed by atoms with Crippen LogP contribution in [0.25, 0.3) is 10.2 Å². The Bertz CT molecular complexity index is 935. The summed E-state index contributed by atoms with van der Waals surface area (Å²) in [6.45, 7) is 0.329. The summed E-state index contributed by atoms with van der Waals surface area (Å²) in [5, 5.41) is 5.08. The lowest BCUT2D eigenvalue weighted by molar-refractivity contribution is -0.118. The highest BCUT2D eigenvalue weighted by atomic mass is 32.2. The molecule has 0 aliphatic heterocycles. The summed E-state index contributed by atoms with van der Waals surface area (Å²) < 4.78 is 14.9. The molecular weight excluding hydrogens is 349 g/mol. The lowest BCUT2D eigenvalue weighted by atomic mass is 10.2. The van der Waals surface area contributed by atoms with Crippen molar-refractivity contribution < 1.29 is 9.18 Å². The van der Waals surface area contributed by atoms with Gasteiger partial charge in [-0.15, -0.1) is 11.3 Å². The minimum atomic E-state index is -0.309. The predicted molar refractivity (Wildman–Crippen MR) is 93.8 cm³/mol. The molecule has 0 aliphatic rings. The number of aromatic nitrogens is 2. The van der Waals surface area contributed by atoms with Gasteiger partial charge >= 0.3 is 0 Å². The monoisotopic (exact) mass is 363 g/mol. The van der Waals surface area contributed by atoms with E-state index < -0.39 is 0 Å². The second kappa shape index (κ2) is 7.14. The summed E-state index contributed by atoms with van der Waals surface area (Å²) in [4.78, 5) is 28.5. The van der Waals surface area contributed by atoms with Crippen molar-refractivity contribution >= 4 is 39.2 Å². The summed E-state index contributed by atoms with van der Waals surface area (Å²) in [5.74, 6) is -0.336. The average molecular weight is 363 g/mol. The number of hydrogen-bond donors (Lipinski definition) is 1. The van der Waals surface area contributed by atoms with Crippen LogP contribution >= 0.6 is 23.1 Å². The number of benzene rings is 1. The zero-order valence-corrected chi connectivity index (χ0v) is 14.4. The summed E-state index contributed by atoms with van der Waals surface area (Å²) >= 11 is 2.57. The van der Waals surface area contributed by atoms with Gasteiger partial charge in [-0.2, -0.15) is 0 Å². The van der Waals surface area contributed by atoms with Crippen LogP contribution in [0.3, 0.4) is 0 Å². The number of rotatable bonds is 5. The standard InChI is InChI=1S/C16H14FN3O2S2/c1-20-15(22)14-12(6-7-23-14)19-16(20)24-9-13(21)18-8-10-2-4-11(17)5-3-10/h2-7H,8-9H2,1H3,(H,18,21). The van der Waals surface area contributed by atoms with Gasteiger partial charge in [-0.1, -0.05) is 23.9 Å². The van der Waals surface area contributed by atoms with Crippen molar-refractivity contribution in [3.63, 3.8) is 0 Å². The fourth-order valence-electron chi connectivity index (χ4n) is 2.08. The SMILES string of the molecule is Cn1c(SCC(=O)NCc2ccc(F)cc2)nc2ccsc2c1=O. The molecule has 1 aromatic carbocycles. The van der Waals surface area contributed by atoms with Crippen LogP contribution in [0.4, 0.5) is 4.39 Å². The first-order valence-corrected chi connectivity index (χ1v) is 8.99. The Morgan fingerprint density at radius 3 is 2.83 bits per heavy atom. The van der Waals surface area contributed by atoms with Gasteiger partial charge < -0.3 is 5.32 Å². The number of carbonyl (C=O) groups excluding carboxylic acids is 1. The maximum atomic E-state index is 12.8. The second-order valence-electron chi connectivity index (χ2n) is 5.09. The van der Waals surface area contributed by atoms with Gasteiger partial charge in [0.2, 0.25) is 5.91 Å². The molecule has 0 spiro atoms. The van der Waals surface area contributed by atoms with Crippen molar-refractivity contribution in [1.82, 2.24) is 14.9 Å². The number of amides is 1. The van der Waals surface area contributed by atoms with E-state index in [0.717, 1.165) is 5.56 Å². The third kappa shape index (κ3) is 3.65. The van der Waals surface area contributed by atoms with Gasteiger partial charge in [-0.25, -0.2) is 9.37 Å². The summed E-state index contributed by atoms with van der Waals surface area (Å²) in [6, 6.07) is 7.75. The Labute approximate surface area is 145 Å². The Morgan fingerprint density at radius 1 is 1.33 bits per heavy atom. The highest BCUT2D eigenvalue weighted by Crippen LogP contribution is 2.19. The number of fused-ring (bicyclic) bond motifs is 1. The number of halogens is 1. The predicted octanol–water partition coefficient (Wildman–Crippen LogP) is 2.54. The Hall–Kier alpha value is -2.19. The van der Waals surface area contributed by atoms with E-state index in [9.17, 15) is 14.0 Å². The number of hydrogen-bond acceptors (Lipinski definition) is 5. The molecular formula is C16H14FN3O2S2. The highest BCUT2D eigenvalue weighted by Gasteiger charge is 2.11. The van der Waals surface area contributed by atoms with Crippen LogP contribution < -0.4 is 10.9 Å². The normalized spacial score (nSPS) is 10.9. The zero-order chi connectivity index (χ0) is 17.1. The molecule has 0 fully saturated rings. The number of thioether (sulfide) groups is 1. The largest absolute Gasteiger partial charge is 0.351 e. The molecule has 5 nitrogen and oxygen atoms in total. The molecule has 1 amide bonds. The number of carbonyl (C=O) groups is 1. The molecule has 3 aromatic rings. The van der Waals surface area contributed by atoms with Gasteiger partial charge in [0.25, 0.3) is 5.56 Å². The molecule has 2 heterocycles. The van der Waals surface area contributed by atoms with Gasteiger partial charge in [0.05, 0.1) is 11.3 Å². The fourth-order valence-corrected chi connectivity index (χ4v) is 3.69. The minimum absolute atomic E-state index is 0.107. The number of thiophene rings is 1. The minimum Gasteiger partial charge on any atom is -0.351 e. The molecule has 0 bridgehead atoms. The van der Waals surface area contributed by atoms with Gasteiger partial charge in [-0.3, -0.25) is 14.2 Å². The molecule has 124 valence electrons. The molecule has 3 rings (SSSR count). The summed E-state index contributed by atoms with van der Waals surface area (Å²) in [5.41, 5.74) is 1.36.